The summed E-state index contributed by atoms with van der Waals surface area (Å²) >= 11 is 0. The first-order chi connectivity index (χ1) is 14.3. The van der Waals surface area contributed by atoms with E-state index >= 15 is 0 Å². The number of aromatic nitrogens is 2. The van der Waals surface area contributed by atoms with E-state index in [0.29, 0.717) is 12.1 Å². The van der Waals surface area contributed by atoms with E-state index in [1.807, 2.05) is 13.8 Å². The van der Waals surface area contributed by atoms with Crippen molar-refractivity contribution in [2.45, 2.75) is 51.5 Å². The van der Waals surface area contributed by atoms with Crippen LogP contribution in [0.2, 0.25) is 0 Å². The Morgan fingerprint density at radius 1 is 1.20 bits per heavy atom. The van der Waals surface area contributed by atoms with Gasteiger partial charge in [-0.1, -0.05) is 26.3 Å². The number of anilines is 1. The molecule has 0 bridgehead atoms. The van der Waals surface area contributed by atoms with Gasteiger partial charge in [0, 0.05) is 23.8 Å². The molecule has 2 amide bonds. The Bertz CT molecular complexity index is 918. The van der Waals surface area contributed by atoms with Gasteiger partial charge >= 0.3 is 0 Å². The maximum Gasteiger partial charge on any atom is 0.270 e. The molecule has 1 aromatic heterocycles. The lowest BCUT2D eigenvalue weighted by Crippen LogP contribution is -2.41. The number of halogens is 1. The van der Waals surface area contributed by atoms with Crippen LogP contribution in [0.1, 0.15) is 72.0 Å². The Kier molecular flexibility index (Phi) is 6.97. The first-order valence-electron chi connectivity index (χ1n) is 10.3. The Balaban J connectivity index is 1.55. The number of rotatable bonds is 6. The highest BCUT2D eigenvalue weighted by atomic mass is 19.1. The first kappa shape index (κ1) is 21.7. The van der Waals surface area contributed by atoms with Gasteiger partial charge < -0.3 is 16.4 Å². The van der Waals surface area contributed by atoms with Crippen molar-refractivity contribution in [3.8, 4) is 0 Å². The predicted octanol–water partition coefficient (Wildman–Crippen LogP) is 3.04. The number of nitrogens with zero attached hydrogens (tertiary/aromatic N) is 2. The van der Waals surface area contributed by atoms with Gasteiger partial charge in [0.2, 0.25) is 5.95 Å². The van der Waals surface area contributed by atoms with Gasteiger partial charge in [-0.3, -0.25) is 9.59 Å². The molecule has 0 aliphatic heterocycles. The van der Waals surface area contributed by atoms with Gasteiger partial charge in [0.15, 0.2) is 0 Å². The molecule has 1 heterocycles. The SMILES string of the molecule is CC(C)c1cc(C(=O)N[C@H]2CCC[C@@H](CNC(=O)c3cccc(F)c3)C2)nc(N)n1. The number of nitrogen functional groups attached to an aromatic ring is 1. The molecule has 2 aromatic rings. The molecule has 3 rings (SSSR count). The molecule has 0 saturated heterocycles. The summed E-state index contributed by atoms with van der Waals surface area (Å²) in [4.78, 5) is 33.1. The predicted molar refractivity (Wildman–Crippen MR) is 112 cm³/mol. The van der Waals surface area contributed by atoms with Crippen LogP contribution in [0.15, 0.2) is 30.3 Å². The van der Waals surface area contributed by atoms with Crippen LogP contribution in [0.25, 0.3) is 0 Å². The largest absolute Gasteiger partial charge is 0.368 e. The van der Waals surface area contributed by atoms with Gasteiger partial charge in [0.05, 0.1) is 0 Å². The monoisotopic (exact) mass is 413 g/mol. The molecule has 7 nitrogen and oxygen atoms in total. The molecule has 8 heteroatoms. The van der Waals surface area contributed by atoms with E-state index < -0.39 is 5.82 Å². The van der Waals surface area contributed by atoms with E-state index in [0.717, 1.165) is 31.4 Å². The molecule has 160 valence electrons. The molecule has 1 aliphatic carbocycles. The van der Waals surface area contributed by atoms with Crippen molar-refractivity contribution < 1.29 is 14.0 Å². The second-order valence-electron chi connectivity index (χ2n) is 8.11. The number of hydrogen-bond donors (Lipinski definition) is 3. The minimum absolute atomic E-state index is 0.000937. The van der Waals surface area contributed by atoms with Gasteiger partial charge in [0.1, 0.15) is 11.5 Å². The summed E-state index contributed by atoms with van der Waals surface area (Å²) in [5, 5.41) is 5.91. The van der Waals surface area contributed by atoms with E-state index in [1.54, 1.807) is 12.1 Å². The maximum absolute atomic E-state index is 13.3. The number of hydrogen-bond acceptors (Lipinski definition) is 5. The van der Waals surface area contributed by atoms with E-state index in [1.165, 1.54) is 18.2 Å². The van der Waals surface area contributed by atoms with Crippen molar-refractivity contribution in [2.75, 3.05) is 12.3 Å². The van der Waals surface area contributed by atoms with Crippen LogP contribution < -0.4 is 16.4 Å². The van der Waals surface area contributed by atoms with Gasteiger partial charge in [-0.05, 0) is 55.4 Å². The van der Waals surface area contributed by atoms with Gasteiger partial charge in [-0.2, -0.15) is 0 Å². The van der Waals surface area contributed by atoms with Gasteiger partial charge in [-0.15, -0.1) is 0 Å². The fourth-order valence-electron chi connectivity index (χ4n) is 3.73. The van der Waals surface area contributed by atoms with Crippen molar-refractivity contribution in [1.29, 1.82) is 0 Å². The third-order valence-electron chi connectivity index (χ3n) is 5.34. The highest BCUT2D eigenvalue weighted by Gasteiger charge is 2.25. The Hall–Kier alpha value is -3.03. The van der Waals surface area contributed by atoms with Crippen LogP contribution in [0, 0.1) is 11.7 Å². The minimum atomic E-state index is -0.436. The molecular weight excluding hydrogens is 385 g/mol. The zero-order valence-corrected chi connectivity index (χ0v) is 17.3. The lowest BCUT2D eigenvalue weighted by atomic mass is 9.85. The lowest BCUT2D eigenvalue weighted by Gasteiger charge is -2.30. The van der Waals surface area contributed by atoms with Crippen molar-refractivity contribution in [1.82, 2.24) is 20.6 Å². The second kappa shape index (κ2) is 9.65. The molecule has 1 fully saturated rings. The van der Waals surface area contributed by atoms with E-state index in [-0.39, 0.29) is 41.3 Å². The fourth-order valence-corrected chi connectivity index (χ4v) is 3.73. The van der Waals surface area contributed by atoms with E-state index in [9.17, 15) is 14.0 Å². The van der Waals surface area contributed by atoms with Crippen molar-refractivity contribution in [3.63, 3.8) is 0 Å². The number of amides is 2. The third kappa shape index (κ3) is 5.75. The Morgan fingerprint density at radius 3 is 2.73 bits per heavy atom. The minimum Gasteiger partial charge on any atom is -0.368 e. The molecule has 2 atom stereocenters. The smallest absolute Gasteiger partial charge is 0.270 e. The summed E-state index contributed by atoms with van der Waals surface area (Å²) in [5.74, 6) is -0.522. The summed E-state index contributed by atoms with van der Waals surface area (Å²) in [6, 6.07) is 7.30. The molecule has 1 aliphatic rings. The van der Waals surface area contributed by atoms with Crippen LogP contribution in [0.4, 0.5) is 10.3 Å². The standard InChI is InChI=1S/C22H28FN5O2/c1-13(2)18-11-19(28-22(24)27-18)21(30)26-17-8-3-5-14(9-17)12-25-20(29)15-6-4-7-16(23)10-15/h4,6-7,10-11,13-14,17H,3,5,8-9,12H2,1-2H3,(H,25,29)(H,26,30)(H2,24,27,28)/t14-,17+/m1/s1. The molecule has 0 spiro atoms. The summed E-state index contributed by atoms with van der Waals surface area (Å²) in [6.45, 7) is 4.44. The number of carbonyl (C=O) groups is 2. The van der Waals surface area contributed by atoms with Crippen LogP contribution in [0.5, 0.6) is 0 Å². The average Bonchev–Trinajstić information content (AvgIpc) is 2.71. The highest BCUT2D eigenvalue weighted by molar-refractivity contribution is 5.94. The van der Waals surface area contributed by atoms with Gasteiger partial charge in [0.25, 0.3) is 11.8 Å². The average molecular weight is 413 g/mol. The lowest BCUT2D eigenvalue weighted by molar-refractivity contribution is 0.0898. The Morgan fingerprint density at radius 2 is 2.00 bits per heavy atom. The summed E-state index contributed by atoms with van der Waals surface area (Å²) in [6.07, 6.45) is 3.55. The summed E-state index contributed by atoms with van der Waals surface area (Å²) in [5.41, 5.74) is 7.06. The topological polar surface area (TPSA) is 110 Å². The molecule has 0 radical (unpaired) electrons. The first-order valence-corrected chi connectivity index (χ1v) is 10.3. The van der Waals surface area contributed by atoms with Crippen LogP contribution >= 0.6 is 0 Å². The molecule has 4 N–H and O–H groups in total. The van der Waals surface area contributed by atoms with Crippen molar-refractivity contribution in [3.05, 3.63) is 53.1 Å². The highest BCUT2D eigenvalue weighted by Crippen LogP contribution is 2.24. The molecule has 1 aromatic carbocycles. The number of carbonyl (C=O) groups excluding carboxylic acids is 2. The second-order valence-corrected chi connectivity index (χ2v) is 8.11. The number of nitrogens with two attached hydrogens (primary N) is 1. The number of nitrogens with one attached hydrogen (secondary N) is 2. The number of benzene rings is 1. The van der Waals surface area contributed by atoms with Crippen LogP contribution in [0.3, 0.4) is 0 Å². The Labute approximate surface area is 175 Å². The molecule has 1 saturated carbocycles. The van der Waals surface area contributed by atoms with Gasteiger partial charge in [-0.25, -0.2) is 14.4 Å². The molecule has 0 unspecified atom stereocenters. The third-order valence-corrected chi connectivity index (χ3v) is 5.34. The van der Waals surface area contributed by atoms with Crippen LogP contribution in [-0.4, -0.2) is 34.4 Å². The normalized spacial score (nSPS) is 18.8. The zero-order chi connectivity index (χ0) is 21.7. The summed E-state index contributed by atoms with van der Waals surface area (Å²) < 4.78 is 13.3. The maximum atomic E-state index is 13.3. The van der Waals surface area contributed by atoms with Crippen molar-refractivity contribution in [2.24, 2.45) is 5.92 Å². The quantitative estimate of drug-likeness (QED) is 0.674. The van der Waals surface area contributed by atoms with Crippen LogP contribution in [-0.2, 0) is 0 Å². The van der Waals surface area contributed by atoms with Crippen molar-refractivity contribution >= 4 is 17.8 Å². The fraction of sp³-hybridized carbons (Fsp3) is 0.455. The summed E-state index contributed by atoms with van der Waals surface area (Å²) in [7, 11) is 0. The zero-order valence-electron chi connectivity index (χ0n) is 17.3. The molecule has 30 heavy (non-hydrogen) atoms. The van der Waals surface area contributed by atoms with E-state index in [2.05, 4.69) is 20.6 Å². The van der Waals surface area contributed by atoms with E-state index in [4.69, 9.17) is 5.73 Å². The molecular formula is C22H28FN5O2.